The Morgan fingerprint density at radius 3 is 2.80 bits per heavy atom. The van der Waals surface area contributed by atoms with Crippen molar-refractivity contribution in [1.82, 2.24) is 0 Å². The fourth-order valence-corrected chi connectivity index (χ4v) is 2.81. The molecule has 0 unspecified atom stereocenters. The number of aliphatic hydroxyl groups excluding tert-OH is 1. The number of allylic oxidation sites excluding steroid dienone is 3. The Morgan fingerprint density at radius 1 is 1.44 bits per heavy atom. The van der Waals surface area contributed by atoms with Crippen LogP contribution >= 0.6 is 0 Å². The number of hydrogen-bond acceptors (Lipinski definition) is 5. The van der Waals surface area contributed by atoms with E-state index in [0.717, 1.165) is 31.6 Å². The van der Waals surface area contributed by atoms with Gasteiger partial charge in [0, 0.05) is 25.8 Å². The second-order valence-corrected chi connectivity index (χ2v) is 5.81. The molecule has 6 nitrogen and oxygen atoms in total. The fourth-order valence-electron chi connectivity index (χ4n) is 2.81. The minimum absolute atomic E-state index is 0.125. The fraction of sp³-hybridized carbons (Fsp3) is 0.368. The van der Waals surface area contributed by atoms with Gasteiger partial charge in [-0.25, -0.2) is 0 Å². The second-order valence-electron chi connectivity index (χ2n) is 5.81. The van der Waals surface area contributed by atoms with Crippen molar-refractivity contribution >= 4 is 17.3 Å². The lowest BCUT2D eigenvalue weighted by atomic mass is 9.97. The van der Waals surface area contributed by atoms with Gasteiger partial charge in [-0.05, 0) is 43.0 Å². The molecule has 1 aromatic rings. The molecule has 25 heavy (non-hydrogen) atoms. The summed E-state index contributed by atoms with van der Waals surface area (Å²) in [6, 6.07) is 9.49. The number of ether oxygens (including phenoxy) is 1. The van der Waals surface area contributed by atoms with Crippen molar-refractivity contribution in [3.8, 4) is 6.07 Å². The van der Waals surface area contributed by atoms with E-state index >= 15 is 0 Å². The third kappa shape index (κ3) is 5.10. The summed E-state index contributed by atoms with van der Waals surface area (Å²) in [5.74, 6) is 0.107. The molecule has 1 aliphatic heterocycles. The SMILES string of the molecule is CO/C(=C\C=C\C#N)C(=O)Nc1ccccc1N1CCC(CO)CC1. The van der Waals surface area contributed by atoms with Crippen LogP contribution < -0.4 is 10.2 Å². The zero-order chi connectivity index (χ0) is 18.1. The summed E-state index contributed by atoms with van der Waals surface area (Å²) in [7, 11) is 1.41. The van der Waals surface area contributed by atoms with Crippen molar-refractivity contribution < 1.29 is 14.6 Å². The maximum atomic E-state index is 12.4. The van der Waals surface area contributed by atoms with E-state index in [4.69, 9.17) is 10.00 Å². The van der Waals surface area contributed by atoms with Crippen molar-refractivity contribution in [2.75, 3.05) is 37.0 Å². The molecule has 1 amide bonds. The number of nitrogens with zero attached hydrogens (tertiary/aromatic N) is 2. The standard InChI is InChI=1S/C19H23N3O3/c1-25-18(8-4-5-11-20)19(24)21-16-6-2-3-7-17(16)22-12-9-15(14-23)10-13-22/h2-8,15,23H,9-10,12-14H2,1H3,(H,21,24)/b5-4+,18-8-. The van der Waals surface area contributed by atoms with Crippen LogP contribution in [0, 0.1) is 17.2 Å². The minimum Gasteiger partial charge on any atom is -0.491 e. The van der Waals surface area contributed by atoms with Gasteiger partial charge in [0.1, 0.15) is 0 Å². The molecule has 0 saturated carbocycles. The highest BCUT2D eigenvalue weighted by atomic mass is 16.5. The van der Waals surface area contributed by atoms with E-state index in [1.54, 1.807) is 0 Å². The molecule has 0 radical (unpaired) electrons. The first-order chi connectivity index (χ1) is 12.2. The molecular formula is C19H23N3O3. The topological polar surface area (TPSA) is 85.6 Å². The van der Waals surface area contributed by atoms with Gasteiger partial charge in [0.25, 0.3) is 5.91 Å². The average Bonchev–Trinajstić information content (AvgIpc) is 2.66. The number of nitrogens with one attached hydrogen (secondary N) is 1. The summed E-state index contributed by atoms with van der Waals surface area (Å²) in [5, 5.41) is 20.7. The Bertz CT molecular complexity index is 683. The number of amides is 1. The number of carbonyl (C=O) groups excluding carboxylic acids is 1. The number of para-hydroxylation sites is 2. The Morgan fingerprint density at radius 2 is 2.16 bits per heavy atom. The molecule has 1 aliphatic rings. The third-order valence-electron chi connectivity index (χ3n) is 4.23. The lowest BCUT2D eigenvalue weighted by molar-refractivity contribution is -0.115. The predicted molar refractivity (Wildman–Crippen MR) is 96.9 cm³/mol. The van der Waals surface area contributed by atoms with Crippen LogP contribution in [0.4, 0.5) is 11.4 Å². The highest BCUT2D eigenvalue weighted by Crippen LogP contribution is 2.30. The molecule has 0 spiro atoms. The summed E-state index contributed by atoms with van der Waals surface area (Å²) in [4.78, 5) is 14.6. The van der Waals surface area contributed by atoms with E-state index in [1.165, 1.54) is 25.3 Å². The largest absolute Gasteiger partial charge is 0.491 e. The molecule has 1 aromatic carbocycles. The van der Waals surface area contributed by atoms with Gasteiger partial charge in [0.05, 0.1) is 24.6 Å². The molecule has 0 aliphatic carbocycles. The quantitative estimate of drug-likeness (QED) is 0.359. The van der Waals surface area contributed by atoms with Crippen molar-refractivity contribution in [3.63, 3.8) is 0 Å². The number of nitriles is 1. The number of piperidine rings is 1. The molecule has 1 saturated heterocycles. The zero-order valence-corrected chi connectivity index (χ0v) is 14.3. The summed E-state index contributed by atoms with van der Waals surface area (Å²) in [5.41, 5.74) is 1.66. The van der Waals surface area contributed by atoms with Crippen molar-refractivity contribution in [2.24, 2.45) is 5.92 Å². The highest BCUT2D eigenvalue weighted by Gasteiger charge is 2.21. The molecule has 2 N–H and O–H groups in total. The monoisotopic (exact) mass is 341 g/mol. The molecule has 0 atom stereocenters. The Kier molecular flexibility index (Phi) is 7.05. The van der Waals surface area contributed by atoms with Crippen molar-refractivity contribution in [3.05, 3.63) is 48.3 Å². The molecule has 1 fully saturated rings. The molecular weight excluding hydrogens is 318 g/mol. The van der Waals surface area contributed by atoms with Crippen LogP contribution in [0.3, 0.4) is 0 Å². The molecule has 132 valence electrons. The number of hydrogen-bond donors (Lipinski definition) is 2. The van der Waals surface area contributed by atoms with Gasteiger partial charge >= 0.3 is 0 Å². The summed E-state index contributed by atoms with van der Waals surface area (Å²) in [6.45, 7) is 1.91. The molecule has 0 bridgehead atoms. The summed E-state index contributed by atoms with van der Waals surface area (Å²) >= 11 is 0. The van der Waals surface area contributed by atoms with E-state index in [1.807, 2.05) is 30.3 Å². The second kappa shape index (κ2) is 9.50. The van der Waals surface area contributed by atoms with Gasteiger partial charge in [-0.3, -0.25) is 4.79 Å². The van der Waals surface area contributed by atoms with E-state index in [9.17, 15) is 9.90 Å². The van der Waals surface area contributed by atoms with Crippen LogP contribution in [0.25, 0.3) is 0 Å². The smallest absolute Gasteiger partial charge is 0.290 e. The Labute approximate surface area is 148 Å². The summed E-state index contributed by atoms with van der Waals surface area (Å²) in [6.07, 6.45) is 6.05. The van der Waals surface area contributed by atoms with E-state index in [-0.39, 0.29) is 18.3 Å². The average molecular weight is 341 g/mol. The van der Waals surface area contributed by atoms with Gasteiger partial charge in [-0.15, -0.1) is 0 Å². The maximum absolute atomic E-state index is 12.4. The van der Waals surface area contributed by atoms with Crippen LogP contribution in [-0.4, -0.2) is 37.8 Å². The van der Waals surface area contributed by atoms with Gasteiger partial charge < -0.3 is 20.1 Å². The van der Waals surface area contributed by atoms with E-state index in [0.29, 0.717) is 11.6 Å². The number of benzene rings is 1. The molecule has 2 rings (SSSR count). The number of carbonyl (C=O) groups is 1. The molecule has 6 heteroatoms. The zero-order valence-electron chi connectivity index (χ0n) is 14.3. The number of aliphatic hydroxyl groups is 1. The van der Waals surface area contributed by atoms with E-state index < -0.39 is 0 Å². The lowest BCUT2D eigenvalue weighted by Gasteiger charge is -2.34. The van der Waals surface area contributed by atoms with Gasteiger partial charge in [-0.1, -0.05) is 12.1 Å². The minimum atomic E-state index is -0.372. The third-order valence-corrected chi connectivity index (χ3v) is 4.23. The molecule has 1 heterocycles. The van der Waals surface area contributed by atoms with Crippen molar-refractivity contribution in [2.45, 2.75) is 12.8 Å². The first-order valence-corrected chi connectivity index (χ1v) is 8.26. The van der Waals surface area contributed by atoms with Crippen LogP contribution in [0.15, 0.2) is 48.3 Å². The van der Waals surface area contributed by atoms with Gasteiger partial charge in [-0.2, -0.15) is 5.26 Å². The van der Waals surface area contributed by atoms with Gasteiger partial charge in [0.2, 0.25) is 0 Å². The van der Waals surface area contributed by atoms with E-state index in [2.05, 4.69) is 10.2 Å². The molecule has 0 aromatic heterocycles. The van der Waals surface area contributed by atoms with Crippen LogP contribution in [0.5, 0.6) is 0 Å². The van der Waals surface area contributed by atoms with Crippen LogP contribution in [0.1, 0.15) is 12.8 Å². The normalized spacial score (nSPS) is 15.9. The number of methoxy groups -OCH3 is 1. The number of anilines is 2. The highest BCUT2D eigenvalue weighted by molar-refractivity contribution is 6.04. The van der Waals surface area contributed by atoms with Crippen molar-refractivity contribution in [1.29, 1.82) is 5.26 Å². The first-order valence-electron chi connectivity index (χ1n) is 8.26. The van der Waals surface area contributed by atoms with Crippen LogP contribution in [-0.2, 0) is 9.53 Å². The maximum Gasteiger partial charge on any atom is 0.290 e. The van der Waals surface area contributed by atoms with Crippen LogP contribution in [0.2, 0.25) is 0 Å². The first kappa shape index (κ1) is 18.6. The lowest BCUT2D eigenvalue weighted by Crippen LogP contribution is -2.35. The Balaban J connectivity index is 2.12. The van der Waals surface area contributed by atoms with Gasteiger partial charge in [0.15, 0.2) is 5.76 Å². The predicted octanol–water partition coefficient (Wildman–Crippen LogP) is 2.44. The summed E-state index contributed by atoms with van der Waals surface area (Å²) < 4.78 is 5.09. The number of rotatable bonds is 6. The Hall–Kier alpha value is -2.78.